The molecule has 0 unspecified atom stereocenters. The molecular weight excluding hydrogens is 390 g/mol. The molecule has 0 atom stereocenters. The zero-order valence-corrected chi connectivity index (χ0v) is 18.2. The molecule has 3 aromatic rings. The van der Waals surface area contributed by atoms with E-state index in [1.807, 2.05) is 42.0 Å². The van der Waals surface area contributed by atoms with Crippen molar-refractivity contribution in [3.63, 3.8) is 0 Å². The summed E-state index contributed by atoms with van der Waals surface area (Å²) in [6.45, 7) is 3.98. The summed E-state index contributed by atoms with van der Waals surface area (Å²) in [5.74, 6) is 2.31. The molecule has 5 rings (SSSR count). The fourth-order valence-corrected chi connectivity index (χ4v) is 4.61. The van der Waals surface area contributed by atoms with Crippen molar-refractivity contribution in [3.8, 4) is 11.6 Å². The van der Waals surface area contributed by atoms with Crippen molar-refractivity contribution in [2.75, 3.05) is 18.6 Å². The van der Waals surface area contributed by atoms with Crippen molar-refractivity contribution >= 4 is 18.1 Å². The lowest BCUT2D eigenvalue weighted by Gasteiger charge is -2.37. The van der Waals surface area contributed by atoms with E-state index in [1.165, 1.54) is 32.1 Å². The summed E-state index contributed by atoms with van der Waals surface area (Å²) in [5, 5.41) is 4.73. The maximum atomic E-state index is 5.51. The Kier molecular flexibility index (Phi) is 5.44. The van der Waals surface area contributed by atoms with Gasteiger partial charge in [0.25, 0.3) is 0 Å². The van der Waals surface area contributed by atoms with Crippen LogP contribution in [-0.4, -0.2) is 49.0 Å². The second kappa shape index (κ2) is 8.53. The third-order valence-corrected chi connectivity index (χ3v) is 6.16. The number of aryl methyl sites for hydroxylation is 2. The van der Waals surface area contributed by atoms with Crippen molar-refractivity contribution in [1.82, 2.24) is 29.3 Å². The van der Waals surface area contributed by atoms with Gasteiger partial charge in [-0.25, -0.2) is 14.6 Å². The number of hydrogen-bond acceptors (Lipinski definition) is 6. The van der Waals surface area contributed by atoms with Gasteiger partial charge in [-0.15, -0.1) is 5.10 Å². The molecule has 0 radical (unpaired) electrons. The minimum Gasteiger partial charge on any atom is -0.479 e. The highest BCUT2D eigenvalue weighted by Gasteiger charge is 2.28. The van der Waals surface area contributed by atoms with Gasteiger partial charge in [-0.3, -0.25) is 0 Å². The molecule has 1 fully saturated rings. The third kappa shape index (κ3) is 4.06. The Morgan fingerprint density at radius 2 is 1.90 bits per heavy atom. The fraction of sp³-hybridized carbons (Fsp3) is 0.478. The van der Waals surface area contributed by atoms with Crippen LogP contribution in [-0.2, 0) is 6.54 Å². The molecule has 0 N–H and O–H groups in total. The highest BCUT2D eigenvalue weighted by atomic mass is 16.5. The zero-order valence-electron chi connectivity index (χ0n) is 18.2. The number of anilines is 1. The molecule has 0 saturated heterocycles. The van der Waals surface area contributed by atoms with Gasteiger partial charge in [0.2, 0.25) is 11.8 Å². The Morgan fingerprint density at radius 3 is 2.68 bits per heavy atom. The minimum atomic E-state index is 0.556. The Bertz CT molecular complexity index is 1080. The summed E-state index contributed by atoms with van der Waals surface area (Å²) in [5.41, 5.74) is 2.61. The first-order valence-electron chi connectivity index (χ1n) is 11.2. The minimum absolute atomic E-state index is 0.556. The largest absolute Gasteiger partial charge is 0.479 e. The van der Waals surface area contributed by atoms with Gasteiger partial charge in [-0.05, 0) is 50.5 Å². The molecule has 2 aliphatic rings. The number of fused-ring (bicyclic) bond motifs is 1. The molecule has 0 spiro atoms. The number of imidazole rings is 1. The van der Waals surface area contributed by atoms with E-state index >= 15 is 0 Å². The summed E-state index contributed by atoms with van der Waals surface area (Å²) in [4.78, 5) is 16.2. The van der Waals surface area contributed by atoms with Gasteiger partial charge in [0.1, 0.15) is 5.69 Å². The molecule has 4 heterocycles. The lowest BCUT2D eigenvalue weighted by molar-refractivity contribution is 0.383. The normalized spacial score (nSPS) is 17.3. The van der Waals surface area contributed by atoms with Gasteiger partial charge < -0.3 is 14.2 Å². The second-order valence-electron chi connectivity index (χ2n) is 8.35. The highest BCUT2D eigenvalue weighted by molar-refractivity contribution is 5.66. The Balaban J connectivity index is 1.37. The summed E-state index contributed by atoms with van der Waals surface area (Å²) in [6.07, 6.45) is 15.3. The highest BCUT2D eigenvalue weighted by Crippen LogP contribution is 2.29. The van der Waals surface area contributed by atoms with E-state index in [4.69, 9.17) is 14.8 Å². The van der Waals surface area contributed by atoms with Crippen LogP contribution < -0.4 is 9.64 Å². The average Bonchev–Trinajstić information content (AvgIpc) is 3.43. The van der Waals surface area contributed by atoms with Crippen molar-refractivity contribution in [2.24, 2.45) is 0 Å². The number of nitrogens with zero attached hydrogens (tertiary/aromatic N) is 7. The van der Waals surface area contributed by atoms with E-state index in [2.05, 4.69) is 19.5 Å². The van der Waals surface area contributed by atoms with Gasteiger partial charge in [-0.2, -0.15) is 4.98 Å². The van der Waals surface area contributed by atoms with Crippen molar-refractivity contribution < 1.29 is 4.74 Å². The SMILES string of the molecule is COc1nc(/C=C/c2nc3n(n2)CCCN3C2CCCCC2)ccc1-n1cnc(C)c1. The number of ether oxygens (including phenoxy) is 1. The number of aromatic nitrogens is 6. The molecular formula is C23H29N7O. The molecule has 31 heavy (non-hydrogen) atoms. The predicted molar refractivity (Wildman–Crippen MR) is 120 cm³/mol. The molecule has 3 aromatic heterocycles. The van der Waals surface area contributed by atoms with Gasteiger partial charge in [0.15, 0.2) is 5.82 Å². The van der Waals surface area contributed by atoms with Gasteiger partial charge in [-0.1, -0.05) is 19.3 Å². The molecule has 0 bridgehead atoms. The fourth-order valence-electron chi connectivity index (χ4n) is 4.61. The smallest absolute Gasteiger partial charge is 0.238 e. The number of pyridine rings is 1. The van der Waals surface area contributed by atoms with Gasteiger partial charge in [0, 0.05) is 25.3 Å². The Morgan fingerprint density at radius 1 is 1.03 bits per heavy atom. The molecule has 0 amide bonds. The molecule has 1 aliphatic carbocycles. The first kappa shape index (κ1) is 19.8. The van der Waals surface area contributed by atoms with Crippen LogP contribution in [0.3, 0.4) is 0 Å². The van der Waals surface area contributed by atoms with Crippen LogP contribution in [0.2, 0.25) is 0 Å². The van der Waals surface area contributed by atoms with E-state index < -0.39 is 0 Å². The molecule has 162 valence electrons. The lowest BCUT2D eigenvalue weighted by Crippen LogP contribution is -2.42. The number of rotatable bonds is 5. The van der Waals surface area contributed by atoms with E-state index in [-0.39, 0.29) is 0 Å². The second-order valence-corrected chi connectivity index (χ2v) is 8.35. The molecule has 8 heteroatoms. The summed E-state index contributed by atoms with van der Waals surface area (Å²) in [7, 11) is 1.63. The van der Waals surface area contributed by atoms with E-state index in [0.29, 0.717) is 11.9 Å². The number of hydrogen-bond donors (Lipinski definition) is 0. The maximum absolute atomic E-state index is 5.51. The topological polar surface area (TPSA) is 73.9 Å². The van der Waals surface area contributed by atoms with Crippen molar-refractivity contribution in [1.29, 1.82) is 0 Å². The number of methoxy groups -OCH3 is 1. The molecule has 1 saturated carbocycles. The standard InChI is InChI=1S/C23H29N7O/c1-17-15-28(16-24-17)20-11-9-18(25-22(20)31-2)10-12-21-26-23-29(13-6-14-30(23)27-21)19-7-4-3-5-8-19/h9-12,15-16,19H,3-8,13-14H2,1-2H3/b12-10+. The first-order valence-corrected chi connectivity index (χ1v) is 11.2. The van der Waals surface area contributed by atoms with Crippen LogP contribution in [0.4, 0.5) is 5.95 Å². The molecule has 1 aliphatic heterocycles. The Hall–Kier alpha value is -3.16. The third-order valence-electron chi connectivity index (χ3n) is 6.16. The molecule has 0 aromatic carbocycles. The van der Waals surface area contributed by atoms with Crippen molar-refractivity contribution in [2.45, 2.75) is 58.0 Å². The summed E-state index contributed by atoms with van der Waals surface area (Å²) >= 11 is 0. The van der Waals surface area contributed by atoms with Crippen LogP contribution in [0.25, 0.3) is 17.8 Å². The summed E-state index contributed by atoms with van der Waals surface area (Å²) in [6, 6.07) is 4.57. The maximum Gasteiger partial charge on any atom is 0.238 e. The quantitative estimate of drug-likeness (QED) is 0.625. The Labute approximate surface area is 182 Å². The van der Waals surface area contributed by atoms with E-state index in [1.54, 1.807) is 13.4 Å². The van der Waals surface area contributed by atoms with Crippen LogP contribution in [0.1, 0.15) is 55.7 Å². The first-order chi connectivity index (χ1) is 15.2. The predicted octanol–water partition coefficient (Wildman–Crippen LogP) is 3.89. The average molecular weight is 420 g/mol. The van der Waals surface area contributed by atoms with Crippen LogP contribution >= 0.6 is 0 Å². The monoisotopic (exact) mass is 419 g/mol. The van der Waals surface area contributed by atoms with E-state index in [9.17, 15) is 0 Å². The van der Waals surface area contributed by atoms with Crippen LogP contribution in [0.15, 0.2) is 24.7 Å². The zero-order chi connectivity index (χ0) is 21.2. The molecule has 8 nitrogen and oxygen atoms in total. The van der Waals surface area contributed by atoms with Crippen LogP contribution in [0.5, 0.6) is 5.88 Å². The van der Waals surface area contributed by atoms with Crippen molar-refractivity contribution in [3.05, 3.63) is 41.9 Å². The summed E-state index contributed by atoms with van der Waals surface area (Å²) < 4.78 is 9.50. The van der Waals surface area contributed by atoms with Gasteiger partial charge >= 0.3 is 0 Å². The lowest BCUT2D eigenvalue weighted by atomic mass is 9.94. The van der Waals surface area contributed by atoms with Gasteiger partial charge in [0.05, 0.1) is 24.8 Å². The van der Waals surface area contributed by atoms with Crippen LogP contribution in [0, 0.1) is 6.92 Å². The van der Waals surface area contributed by atoms with E-state index in [0.717, 1.165) is 48.4 Å².